The number of thiophene rings is 1. The van der Waals surface area contributed by atoms with E-state index in [9.17, 15) is 0 Å². The monoisotopic (exact) mass is 310 g/mol. The fourth-order valence-corrected chi connectivity index (χ4v) is 4.39. The summed E-state index contributed by atoms with van der Waals surface area (Å²) in [6.07, 6.45) is 9.23. The first kappa shape index (κ1) is 13.6. The highest BCUT2D eigenvalue weighted by Gasteiger charge is 2.18. The van der Waals surface area contributed by atoms with Crippen molar-refractivity contribution in [2.75, 3.05) is 0 Å². The Kier molecular flexibility index (Phi) is 3.50. The Hall–Kier alpha value is -2.01. The molecule has 0 spiro atoms. The molecule has 0 radical (unpaired) electrons. The molecule has 1 aliphatic rings. The third-order valence-corrected chi connectivity index (χ3v) is 5.53. The van der Waals surface area contributed by atoms with E-state index >= 15 is 0 Å². The quantitative estimate of drug-likeness (QED) is 0.808. The molecule has 0 saturated carbocycles. The number of nitrogens with one attached hydrogen (secondary N) is 1. The molecule has 0 fully saturated rings. The predicted octanol–water partition coefficient (Wildman–Crippen LogP) is 3.09. The molecular weight excluding hydrogens is 292 g/mol. The number of nitrogens with zero attached hydrogens (tertiary/aromatic N) is 3. The van der Waals surface area contributed by atoms with Crippen molar-refractivity contribution in [2.24, 2.45) is 0 Å². The van der Waals surface area contributed by atoms with E-state index in [-0.39, 0.29) is 0 Å². The maximum Gasteiger partial charge on any atom is 0.136 e. The average Bonchev–Trinajstić information content (AvgIpc) is 2.94. The van der Waals surface area contributed by atoms with Gasteiger partial charge in [-0.15, -0.1) is 11.3 Å². The Morgan fingerprint density at radius 3 is 2.95 bits per heavy atom. The number of hydrogen-bond donors (Lipinski definition) is 1. The molecule has 1 aliphatic carbocycles. The van der Waals surface area contributed by atoms with Crippen LogP contribution in [0.25, 0.3) is 10.2 Å². The van der Waals surface area contributed by atoms with E-state index in [1.54, 1.807) is 11.3 Å². The smallest absolute Gasteiger partial charge is 0.136 e. The molecule has 0 bridgehead atoms. The van der Waals surface area contributed by atoms with Gasteiger partial charge in [-0.3, -0.25) is 10.4 Å². The van der Waals surface area contributed by atoms with Gasteiger partial charge in [0.2, 0.25) is 0 Å². The molecule has 5 heteroatoms. The fraction of sp³-hybridized carbons (Fsp3) is 0.353. The standard InChI is InChI=1S/C17H18N4S/c18-16-15-13-6-1-2-7-14(13)22-17(15)20-11-21(16)10-8-12-5-3-4-9-19-12/h3-5,9,11,18H,1-2,6-8,10H2. The number of aromatic nitrogens is 3. The highest BCUT2D eigenvalue weighted by Crippen LogP contribution is 2.33. The molecule has 3 aromatic heterocycles. The minimum absolute atomic E-state index is 0.611. The maximum absolute atomic E-state index is 8.57. The maximum atomic E-state index is 8.57. The summed E-state index contributed by atoms with van der Waals surface area (Å²) in [4.78, 5) is 11.4. The van der Waals surface area contributed by atoms with Crippen LogP contribution in [-0.2, 0) is 25.8 Å². The molecular formula is C17H18N4S. The topological polar surface area (TPSA) is 54.6 Å². The van der Waals surface area contributed by atoms with E-state index in [0.717, 1.165) is 41.7 Å². The average molecular weight is 310 g/mol. The van der Waals surface area contributed by atoms with Crippen molar-refractivity contribution in [1.29, 1.82) is 5.41 Å². The van der Waals surface area contributed by atoms with Gasteiger partial charge in [0.1, 0.15) is 10.3 Å². The van der Waals surface area contributed by atoms with Crippen LogP contribution in [0.1, 0.15) is 29.0 Å². The van der Waals surface area contributed by atoms with Crippen molar-refractivity contribution in [3.05, 3.63) is 52.3 Å². The van der Waals surface area contributed by atoms with Crippen molar-refractivity contribution in [2.45, 2.75) is 38.6 Å². The highest BCUT2D eigenvalue weighted by molar-refractivity contribution is 7.18. The molecule has 22 heavy (non-hydrogen) atoms. The van der Waals surface area contributed by atoms with Crippen LogP contribution in [0.15, 0.2) is 30.7 Å². The van der Waals surface area contributed by atoms with Crippen molar-refractivity contribution >= 4 is 21.6 Å². The van der Waals surface area contributed by atoms with Gasteiger partial charge >= 0.3 is 0 Å². The summed E-state index contributed by atoms with van der Waals surface area (Å²) in [5, 5.41) is 9.66. The summed E-state index contributed by atoms with van der Waals surface area (Å²) in [7, 11) is 0. The zero-order chi connectivity index (χ0) is 14.9. The van der Waals surface area contributed by atoms with Crippen LogP contribution >= 0.6 is 11.3 Å². The number of aryl methyl sites for hydroxylation is 4. The Bertz CT molecular complexity index is 863. The molecule has 4 nitrogen and oxygen atoms in total. The van der Waals surface area contributed by atoms with Crippen LogP contribution in [-0.4, -0.2) is 14.5 Å². The van der Waals surface area contributed by atoms with Crippen LogP contribution < -0.4 is 5.49 Å². The Balaban J connectivity index is 1.70. The summed E-state index contributed by atoms with van der Waals surface area (Å²) < 4.78 is 1.96. The van der Waals surface area contributed by atoms with Crippen molar-refractivity contribution < 1.29 is 0 Å². The number of hydrogen-bond acceptors (Lipinski definition) is 4. The molecule has 0 unspecified atom stereocenters. The van der Waals surface area contributed by atoms with Crippen LogP contribution in [0.4, 0.5) is 0 Å². The molecule has 0 aromatic carbocycles. The Morgan fingerprint density at radius 2 is 2.09 bits per heavy atom. The van der Waals surface area contributed by atoms with Gasteiger partial charge in [-0.1, -0.05) is 6.07 Å². The van der Waals surface area contributed by atoms with Gasteiger partial charge in [-0.05, 0) is 43.4 Å². The first-order valence-corrected chi connectivity index (χ1v) is 8.59. The predicted molar refractivity (Wildman–Crippen MR) is 88.0 cm³/mol. The molecule has 112 valence electrons. The van der Waals surface area contributed by atoms with Gasteiger partial charge in [-0.25, -0.2) is 4.98 Å². The summed E-state index contributed by atoms with van der Waals surface area (Å²) in [5.74, 6) is 0. The van der Waals surface area contributed by atoms with Gasteiger partial charge in [0.05, 0.1) is 11.7 Å². The lowest BCUT2D eigenvalue weighted by Crippen LogP contribution is -2.22. The first-order valence-electron chi connectivity index (χ1n) is 7.77. The van der Waals surface area contributed by atoms with Crippen LogP contribution in [0.3, 0.4) is 0 Å². The largest absolute Gasteiger partial charge is 0.317 e. The SMILES string of the molecule is N=c1c2c3c(sc2ncn1CCc1ccccn1)CCCC3. The summed E-state index contributed by atoms with van der Waals surface area (Å²) in [5.41, 5.74) is 3.05. The molecule has 0 atom stereocenters. The first-order chi connectivity index (χ1) is 10.8. The minimum atomic E-state index is 0.611. The molecule has 1 N–H and O–H groups in total. The summed E-state index contributed by atoms with van der Waals surface area (Å²) in [6.45, 7) is 0.753. The molecule has 4 rings (SSSR count). The Labute approximate surface area is 133 Å². The third-order valence-electron chi connectivity index (χ3n) is 4.33. The van der Waals surface area contributed by atoms with Gasteiger partial charge in [0.15, 0.2) is 0 Å². The molecule has 3 heterocycles. The van der Waals surface area contributed by atoms with Crippen LogP contribution in [0.5, 0.6) is 0 Å². The number of pyridine rings is 1. The van der Waals surface area contributed by atoms with E-state index < -0.39 is 0 Å². The van der Waals surface area contributed by atoms with Crippen LogP contribution in [0, 0.1) is 5.41 Å². The normalized spacial score (nSPS) is 14.2. The minimum Gasteiger partial charge on any atom is -0.317 e. The lowest BCUT2D eigenvalue weighted by atomic mass is 9.97. The lowest BCUT2D eigenvalue weighted by molar-refractivity contribution is 0.637. The van der Waals surface area contributed by atoms with E-state index in [2.05, 4.69) is 9.97 Å². The second-order valence-corrected chi connectivity index (χ2v) is 6.83. The molecule has 0 aliphatic heterocycles. The molecule has 3 aromatic rings. The molecule has 0 amide bonds. The molecule has 0 saturated heterocycles. The summed E-state index contributed by atoms with van der Waals surface area (Å²) >= 11 is 1.78. The number of rotatable bonds is 3. The van der Waals surface area contributed by atoms with Gasteiger partial charge in [0, 0.05) is 29.7 Å². The zero-order valence-electron chi connectivity index (χ0n) is 12.4. The number of fused-ring (bicyclic) bond motifs is 3. The lowest BCUT2D eigenvalue weighted by Gasteiger charge is -2.11. The van der Waals surface area contributed by atoms with Gasteiger partial charge in [0.25, 0.3) is 0 Å². The Morgan fingerprint density at radius 1 is 1.18 bits per heavy atom. The van der Waals surface area contributed by atoms with Crippen molar-refractivity contribution in [3.8, 4) is 0 Å². The van der Waals surface area contributed by atoms with Crippen LogP contribution in [0.2, 0.25) is 0 Å². The van der Waals surface area contributed by atoms with E-state index in [0.29, 0.717) is 5.49 Å². The second-order valence-electron chi connectivity index (χ2n) is 5.75. The van der Waals surface area contributed by atoms with Crippen molar-refractivity contribution in [1.82, 2.24) is 14.5 Å². The van der Waals surface area contributed by atoms with Gasteiger partial charge < -0.3 is 4.57 Å². The van der Waals surface area contributed by atoms with E-state index in [4.69, 9.17) is 5.41 Å². The fourth-order valence-electron chi connectivity index (χ4n) is 3.16. The highest BCUT2D eigenvalue weighted by atomic mass is 32.1. The second kappa shape index (κ2) is 5.65. The van der Waals surface area contributed by atoms with Gasteiger partial charge in [-0.2, -0.15) is 0 Å². The third kappa shape index (κ3) is 2.35. The zero-order valence-corrected chi connectivity index (χ0v) is 13.2. The summed E-state index contributed by atoms with van der Waals surface area (Å²) in [6, 6.07) is 5.96. The van der Waals surface area contributed by atoms with E-state index in [1.807, 2.05) is 35.3 Å². The van der Waals surface area contributed by atoms with Crippen molar-refractivity contribution in [3.63, 3.8) is 0 Å². The van der Waals surface area contributed by atoms with E-state index in [1.165, 1.54) is 23.3 Å².